The minimum atomic E-state index is -3.82. The van der Waals surface area contributed by atoms with E-state index in [4.69, 9.17) is 5.11 Å². The molecule has 1 heterocycles. The molecule has 0 unspecified atom stereocenters. The number of carboxylic acids is 1. The lowest BCUT2D eigenvalue weighted by molar-refractivity contribution is 0.0694. The topological polar surface area (TPSA) is 104 Å². The molecule has 1 aromatic carbocycles. The van der Waals surface area contributed by atoms with E-state index in [1.165, 1.54) is 23.5 Å². The number of aromatic carboxylic acids is 1. The number of hydrogen-bond donors (Lipinski definition) is 3. The number of aryl methyl sites for hydroxylation is 1. The van der Waals surface area contributed by atoms with E-state index in [1.807, 2.05) is 0 Å². The van der Waals surface area contributed by atoms with Gasteiger partial charge in [0.2, 0.25) is 0 Å². The van der Waals surface area contributed by atoms with Crippen LogP contribution in [0.4, 0.5) is 5.69 Å². The van der Waals surface area contributed by atoms with Gasteiger partial charge in [0, 0.05) is 10.6 Å². The number of nitrogens with one attached hydrogen (secondary N) is 1. The molecule has 0 fully saturated rings. The zero-order chi connectivity index (χ0) is 15.8. The SMILES string of the molecule is Cc1sc(Br)cc1S(=O)(=O)Nc1ccc(O)c(C(=O)O)c1. The van der Waals surface area contributed by atoms with Crippen molar-refractivity contribution in [3.8, 4) is 5.75 Å². The summed E-state index contributed by atoms with van der Waals surface area (Å²) in [6.07, 6.45) is 0. The molecular weight excluding hydrogens is 382 g/mol. The number of anilines is 1. The minimum Gasteiger partial charge on any atom is -0.507 e. The van der Waals surface area contributed by atoms with Crippen LogP contribution in [-0.4, -0.2) is 24.6 Å². The van der Waals surface area contributed by atoms with E-state index < -0.39 is 21.7 Å². The number of phenols is 1. The van der Waals surface area contributed by atoms with Crippen molar-refractivity contribution in [1.29, 1.82) is 0 Å². The fraction of sp³-hybridized carbons (Fsp3) is 0.0833. The lowest BCUT2D eigenvalue weighted by Crippen LogP contribution is -2.13. The van der Waals surface area contributed by atoms with Gasteiger partial charge < -0.3 is 10.2 Å². The van der Waals surface area contributed by atoms with Crippen molar-refractivity contribution in [1.82, 2.24) is 0 Å². The minimum absolute atomic E-state index is 0.0620. The van der Waals surface area contributed by atoms with Crippen molar-refractivity contribution in [3.63, 3.8) is 0 Å². The molecule has 3 N–H and O–H groups in total. The van der Waals surface area contributed by atoms with E-state index >= 15 is 0 Å². The third kappa shape index (κ3) is 3.36. The highest BCUT2D eigenvalue weighted by Gasteiger charge is 2.20. The average Bonchev–Trinajstić information content (AvgIpc) is 2.71. The smallest absolute Gasteiger partial charge is 0.339 e. The van der Waals surface area contributed by atoms with Crippen molar-refractivity contribution >= 4 is 48.9 Å². The molecule has 0 radical (unpaired) electrons. The zero-order valence-electron chi connectivity index (χ0n) is 10.6. The van der Waals surface area contributed by atoms with Gasteiger partial charge in [0.05, 0.1) is 3.79 Å². The van der Waals surface area contributed by atoms with Gasteiger partial charge in [-0.25, -0.2) is 13.2 Å². The summed E-state index contributed by atoms with van der Waals surface area (Å²) in [6, 6.07) is 4.95. The van der Waals surface area contributed by atoms with Crippen LogP contribution in [0.2, 0.25) is 0 Å². The molecule has 0 aliphatic rings. The number of hydrogen-bond acceptors (Lipinski definition) is 5. The Morgan fingerprint density at radius 2 is 2.00 bits per heavy atom. The molecule has 112 valence electrons. The number of carbonyl (C=O) groups is 1. The summed E-state index contributed by atoms with van der Waals surface area (Å²) in [7, 11) is -3.82. The second-order valence-electron chi connectivity index (χ2n) is 4.11. The van der Waals surface area contributed by atoms with Crippen molar-refractivity contribution in [3.05, 3.63) is 38.5 Å². The molecule has 0 atom stereocenters. The van der Waals surface area contributed by atoms with Crippen molar-refractivity contribution in [2.75, 3.05) is 4.72 Å². The van der Waals surface area contributed by atoms with Crippen LogP contribution in [-0.2, 0) is 10.0 Å². The number of aromatic hydroxyl groups is 1. The monoisotopic (exact) mass is 391 g/mol. The first-order valence-corrected chi connectivity index (χ1v) is 8.65. The Hall–Kier alpha value is -1.58. The Morgan fingerprint density at radius 1 is 1.33 bits per heavy atom. The lowest BCUT2D eigenvalue weighted by atomic mass is 10.2. The summed E-state index contributed by atoms with van der Waals surface area (Å²) in [4.78, 5) is 11.6. The van der Waals surface area contributed by atoms with Gasteiger partial charge in [0.15, 0.2) is 0 Å². The first-order valence-electron chi connectivity index (χ1n) is 5.56. The highest BCUT2D eigenvalue weighted by molar-refractivity contribution is 9.11. The van der Waals surface area contributed by atoms with Gasteiger partial charge >= 0.3 is 5.97 Å². The van der Waals surface area contributed by atoms with E-state index in [-0.39, 0.29) is 16.1 Å². The van der Waals surface area contributed by atoms with Gasteiger partial charge in [0.25, 0.3) is 10.0 Å². The van der Waals surface area contributed by atoms with Crippen LogP contribution in [0.1, 0.15) is 15.2 Å². The molecule has 1 aromatic heterocycles. The Balaban J connectivity index is 2.40. The first kappa shape index (κ1) is 15.8. The molecule has 9 heteroatoms. The number of rotatable bonds is 4. The van der Waals surface area contributed by atoms with E-state index in [9.17, 15) is 18.3 Å². The second kappa shape index (κ2) is 5.66. The van der Waals surface area contributed by atoms with Gasteiger partial charge in [-0.15, -0.1) is 11.3 Å². The third-order valence-corrected chi connectivity index (χ3v) is 5.80. The fourth-order valence-corrected chi connectivity index (χ4v) is 5.14. The molecule has 21 heavy (non-hydrogen) atoms. The molecule has 2 rings (SSSR count). The lowest BCUT2D eigenvalue weighted by Gasteiger charge is -2.09. The second-order valence-corrected chi connectivity index (χ2v) is 8.40. The molecule has 6 nitrogen and oxygen atoms in total. The van der Waals surface area contributed by atoms with Gasteiger partial charge in [0.1, 0.15) is 16.2 Å². The van der Waals surface area contributed by atoms with Crippen LogP contribution in [0.3, 0.4) is 0 Å². The third-order valence-electron chi connectivity index (χ3n) is 2.61. The normalized spacial score (nSPS) is 11.3. The summed E-state index contributed by atoms with van der Waals surface area (Å²) >= 11 is 4.50. The standard InChI is InChI=1S/C12H10BrNO5S2/c1-6-10(5-11(13)20-6)21(18,19)14-7-2-3-9(15)8(4-7)12(16)17/h2-5,14-15H,1H3,(H,16,17). The number of halogens is 1. The van der Waals surface area contributed by atoms with Gasteiger partial charge in [-0.1, -0.05) is 0 Å². The number of thiophene rings is 1. The summed E-state index contributed by atoms with van der Waals surface area (Å²) in [5, 5.41) is 18.3. The number of sulfonamides is 1. The molecule has 0 saturated heterocycles. The zero-order valence-corrected chi connectivity index (χ0v) is 13.8. The van der Waals surface area contributed by atoms with Crippen molar-refractivity contribution < 1.29 is 23.4 Å². The van der Waals surface area contributed by atoms with Crippen LogP contribution >= 0.6 is 27.3 Å². The summed E-state index contributed by atoms with van der Waals surface area (Å²) in [5.74, 6) is -1.78. The molecule has 0 bridgehead atoms. The van der Waals surface area contributed by atoms with Crippen LogP contribution in [0, 0.1) is 6.92 Å². The molecule has 0 amide bonds. The quantitative estimate of drug-likeness (QED) is 0.694. The van der Waals surface area contributed by atoms with E-state index in [0.29, 0.717) is 8.66 Å². The van der Waals surface area contributed by atoms with Crippen molar-refractivity contribution in [2.45, 2.75) is 11.8 Å². The predicted octanol–water partition coefficient (Wildman–Crippen LogP) is 3.02. The molecule has 2 aromatic rings. The molecule has 0 aliphatic heterocycles. The summed E-state index contributed by atoms with van der Waals surface area (Å²) in [5.41, 5.74) is -0.314. The average molecular weight is 392 g/mol. The largest absolute Gasteiger partial charge is 0.507 e. The summed E-state index contributed by atoms with van der Waals surface area (Å²) in [6.45, 7) is 1.67. The number of carboxylic acid groups (broad SMARTS) is 1. The van der Waals surface area contributed by atoms with Crippen LogP contribution in [0.15, 0.2) is 32.9 Å². The van der Waals surface area contributed by atoms with Crippen molar-refractivity contribution in [2.24, 2.45) is 0 Å². The van der Waals surface area contributed by atoms with Gasteiger partial charge in [-0.05, 0) is 47.1 Å². The molecule has 0 spiro atoms. The highest BCUT2D eigenvalue weighted by atomic mass is 79.9. The van der Waals surface area contributed by atoms with Crippen LogP contribution in [0.5, 0.6) is 5.75 Å². The Morgan fingerprint density at radius 3 is 2.52 bits per heavy atom. The van der Waals surface area contributed by atoms with Crippen LogP contribution in [0.25, 0.3) is 0 Å². The first-order chi connectivity index (χ1) is 9.70. The maximum absolute atomic E-state index is 12.3. The van der Waals surface area contributed by atoms with Crippen LogP contribution < -0.4 is 4.72 Å². The van der Waals surface area contributed by atoms with Gasteiger partial charge in [-0.3, -0.25) is 4.72 Å². The Labute approximate surface area is 133 Å². The number of benzene rings is 1. The van der Waals surface area contributed by atoms with E-state index in [2.05, 4.69) is 20.7 Å². The molecule has 0 aliphatic carbocycles. The van der Waals surface area contributed by atoms with E-state index in [0.717, 1.165) is 12.1 Å². The predicted molar refractivity (Wildman–Crippen MR) is 82.6 cm³/mol. The molecule has 0 saturated carbocycles. The van der Waals surface area contributed by atoms with Gasteiger partial charge in [-0.2, -0.15) is 0 Å². The maximum atomic E-state index is 12.3. The van der Waals surface area contributed by atoms with E-state index in [1.54, 1.807) is 6.92 Å². The molecular formula is C12H10BrNO5S2. The summed E-state index contributed by atoms with van der Waals surface area (Å²) < 4.78 is 27.5. The Kier molecular flexibility index (Phi) is 4.26. The Bertz CT molecular complexity index is 813. The highest BCUT2D eigenvalue weighted by Crippen LogP contribution is 2.31. The maximum Gasteiger partial charge on any atom is 0.339 e. The fourth-order valence-electron chi connectivity index (χ4n) is 1.68.